The first kappa shape index (κ1) is 16.7. The summed E-state index contributed by atoms with van der Waals surface area (Å²) in [7, 11) is 0. The highest BCUT2D eigenvalue weighted by atomic mass is 16.4. The van der Waals surface area contributed by atoms with Crippen LogP contribution in [0.4, 0.5) is 5.82 Å². The first-order valence-corrected chi connectivity index (χ1v) is 7.86. The molecule has 0 amide bonds. The molecule has 0 spiro atoms. The van der Waals surface area contributed by atoms with Crippen LogP contribution in [0.15, 0.2) is 6.07 Å². The van der Waals surface area contributed by atoms with Crippen LogP contribution in [0.3, 0.4) is 0 Å². The Morgan fingerprint density at radius 1 is 1.18 bits per heavy atom. The number of carboxylic acid groups (broad SMARTS) is 1. The number of hydrogen-bond acceptors (Lipinski definition) is 4. The molecule has 0 radical (unpaired) electrons. The number of carbonyl (C=O) groups is 1. The number of rotatable bonds is 2. The molecule has 1 aromatic rings. The quantitative estimate of drug-likeness (QED) is 0.910. The van der Waals surface area contributed by atoms with Crippen LogP contribution in [-0.4, -0.2) is 34.1 Å². The maximum atomic E-state index is 11.2. The smallest absolute Gasteiger partial charge is 0.308 e. The molecule has 1 fully saturated rings. The second kappa shape index (κ2) is 5.52. The standard InChI is InChI=1S/C17H27N3O2/c1-16(2,3)12-9-13(19-15(18-12)17(4,5)6)20-8-7-11(10-20)14(21)22/h9,11H,7-8,10H2,1-6H3,(H,21,22). The fourth-order valence-electron chi connectivity index (χ4n) is 2.49. The van der Waals surface area contributed by atoms with Gasteiger partial charge in [0.15, 0.2) is 0 Å². The predicted octanol–water partition coefficient (Wildman–Crippen LogP) is 2.98. The Kier molecular flexibility index (Phi) is 4.20. The Morgan fingerprint density at radius 2 is 1.82 bits per heavy atom. The SMILES string of the molecule is CC(C)(C)c1cc(N2CCC(C(=O)O)C2)nc(C(C)(C)C)n1. The van der Waals surface area contributed by atoms with Crippen molar-refractivity contribution in [3.63, 3.8) is 0 Å². The van der Waals surface area contributed by atoms with E-state index in [4.69, 9.17) is 9.97 Å². The minimum Gasteiger partial charge on any atom is -0.481 e. The molecule has 0 bridgehead atoms. The number of anilines is 1. The van der Waals surface area contributed by atoms with Crippen molar-refractivity contribution in [3.8, 4) is 0 Å². The van der Waals surface area contributed by atoms with Crippen LogP contribution in [0, 0.1) is 5.92 Å². The minimum atomic E-state index is -0.719. The zero-order valence-electron chi connectivity index (χ0n) is 14.5. The first-order valence-electron chi connectivity index (χ1n) is 7.86. The minimum absolute atomic E-state index is 0.0659. The summed E-state index contributed by atoms with van der Waals surface area (Å²) in [4.78, 5) is 22.7. The lowest BCUT2D eigenvalue weighted by molar-refractivity contribution is -0.140. The van der Waals surface area contributed by atoms with Gasteiger partial charge in [-0.1, -0.05) is 41.5 Å². The molecule has 0 aromatic carbocycles. The maximum Gasteiger partial charge on any atom is 0.308 e. The van der Waals surface area contributed by atoms with E-state index in [0.717, 1.165) is 23.9 Å². The van der Waals surface area contributed by atoms with Crippen molar-refractivity contribution in [1.29, 1.82) is 0 Å². The summed E-state index contributed by atoms with van der Waals surface area (Å²) in [5.41, 5.74) is 0.798. The van der Waals surface area contributed by atoms with E-state index in [-0.39, 0.29) is 16.7 Å². The summed E-state index contributed by atoms with van der Waals surface area (Å²) >= 11 is 0. The van der Waals surface area contributed by atoms with Crippen molar-refractivity contribution in [2.45, 2.75) is 58.8 Å². The van der Waals surface area contributed by atoms with Gasteiger partial charge in [0.2, 0.25) is 0 Å². The number of aromatic nitrogens is 2. The van der Waals surface area contributed by atoms with Gasteiger partial charge in [-0.05, 0) is 6.42 Å². The van der Waals surface area contributed by atoms with Gasteiger partial charge in [-0.2, -0.15) is 0 Å². The Bertz CT molecular complexity index is 538. The van der Waals surface area contributed by atoms with Crippen LogP contribution in [0.1, 0.15) is 59.5 Å². The zero-order valence-corrected chi connectivity index (χ0v) is 14.5. The molecule has 22 heavy (non-hydrogen) atoms. The Labute approximate surface area is 132 Å². The van der Waals surface area contributed by atoms with E-state index in [1.54, 1.807) is 0 Å². The highest BCUT2D eigenvalue weighted by Gasteiger charge is 2.31. The second-order valence-corrected chi connectivity index (χ2v) is 8.20. The molecule has 1 saturated heterocycles. The van der Waals surface area contributed by atoms with E-state index in [2.05, 4.69) is 46.4 Å². The molecule has 0 aliphatic carbocycles. The lowest BCUT2D eigenvalue weighted by Crippen LogP contribution is -2.27. The molecule has 1 aromatic heterocycles. The molecular weight excluding hydrogens is 278 g/mol. The summed E-state index contributed by atoms with van der Waals surface area (Å²) < 4.78 is 0. The third-order valence-corrected chi connectivity index (χ3v) is 4.01. The van der Waals surface area contributed by atoms with E-state index in [9.17, 15) is 9.90 Å². The number of aliphatic carboxylic acids is 1. The van der Waals surface area contributed by atoms with Crippen LogP contribution >= 0.6 is 0 Å². The van der Waals surface area contributed by atoms with Gasteiger partial charge in [0.1, 0.15) is 11.6 Å². The van der Waals surface area contributed by atoms with Crippen molar-refractivity contribution in [2.24, 2.45) is 5.92 Å². The predicted molar refractivity (Wildman–Crippen MR) is 87.4 cm³/mol. The van der Waals surface area contributed by atoms with Crippen LogP contribution < -0.4 is 4.90 Å². The van der Waals surface area contributed by atoms with Gasteiger partial charge in [-0.25, -0.2) is 9.97 Å². The normalized spacial score (nSPS) is 19.5. The van der Waals surface area contributed by atoms with E-state index in [0.29, 0.717) is 13.0 Å². The zero-order chi connectivity index (χ0) is 16.7. The summed E-state index contributed by atoms with van der Waals surface area (Å²) in [6.45, 7) is 14.0. The summed E-state index contributed by atoms with van der Waals surface area (Å²) in [6.07, 6.45) is 0.676. The van der Waals surface area contributed by atoms with E-state index in [1.165, 1.54) is 0 Å². The molecule has 5 heteroatoms. The molecule has 1 aliphatic rings. The molecule has 122 valence electrons. The van der Waals surface area contributed by atoms with Crippen LogP contribution in [-0.2, 0) is 15.6 Å². The maximum absolute atomic E-state index is 11.2. The summed E-state index contributed by atoms with van der Waals surface area (Å²) in [5, 5.41) is 9.19. The molecular formula is C17H27N3O2. The lowest BCUT2D eigenvalue weighted by atomic mass is 9.90. The largest absolute Gasteiger partial charge is 0.481 e. The Morgan fingerprint density at radius 3 is 2.27 bits per heavy atom. The first-order chi connectivity index (χ1) is 9.98. The number of nitrogens with zero attached hydrogens (tertiary/aromatic N) is 3. The van der Waals surface area contributed by atoms with Crippen LogP contribution in [0.25, 0.3) is 0 Å². The highest BCUT2D eigenvalue weighted by molar-refractivity contribution is 5.71. The average Bonchev–Trinajstić information content (AvgIpc) is 2.85. The van der Waals surface area contributed by atoms with E-state index >= 15 is 0 Å². The van der Waals surface area contributed by atoms with Crippen molar-refractivity contribution in [1.82, 2.24) is 9.97 Å². The van der Waals surface area contributed by atoms with Crippen LogP contribution in [0.5, 0.6) is 0 Å². The van der Waals surface area contributed by atoms with Gasteiger partial charge in [0.05, 0.1) is 11.6 Å². The van der Waals surface area contributed by atoms with Gasteiger partial charge in [0, 0.05) is 30.0 Å². The van der Waals surface area contributed by atoms with Gasteiger partial charge >= 0.3 is 5.97 Å². The monoisotopic (exact) mass is 305 g/mol. The van der Waals surface area contributed by atoms with Crippen molar-refractivity contribution in [2.75, 3.05) is 18.0 Å². The molecule has 2 heterocycles. The Balaban J connectivity index is 2.41. The fraction of sp³-hybridized carbons (Fsp3) is 0.706. The lowest BCUT2D eigenvalue weighted by Gasteiger charge is -2.26. The van der Waals surface area contributed by atoms with Gasteiger partial charge < -0.3 is 10.0 Å². The summed E-state index contributed by atoms with van der Waals surface area (Å²) in [6, 6.07) is 2.01. The third kappa shape index (κ3) is 3.57. The van der Waals surface area contributed by atoms with Gasteiger partial charge in [-0.3, -0.25) is 4.79 Å². The highest BCUT2D eigenvalue weighted by Crippen LogP contribution is 2.30. The molecule has 0 saturated carbocycles. The number of carboxylic acids is 1. The molecule has 1 unspecified atom stereocenters. The third-order valence-electron chi connectivity index (χ3n) is 4.01. The Hall–Kier alpha value is -1.65. The van der Waals surface area contributed by atoms with E-state index in [1.807, 2.05) is 6.07 Å². The molecule has 5 nitrogen and oxygen atoms in total. The van der Waals surface area contributed by atoms with Crippen LogP contribution in [0.2, 0.25) is 0 Å². The molecule has 1 N–H and O–H groups in total. The van der Waals surface area contributed by atoms with Gasteiger partial charge in [0.25, 0.3) is 0 Å². The molecule has 2 rings (SSSR count). The fourth-order valence-corrected chi connectivity index (χ4v) is 2.49. The molecule has 1 aliphatic heterocycles. The topological polar surface area (TPSA) is 66.3 Å². The van der Waals surface area contributed by atoms with Gasteiger partial charge in [-0.15, -0.1) is 0 Å². The number of hydrogen-bond donors (Lipinski definition) is 1. The van der Waals surface area contributed by atoms with E-state index < -0.39 is 5.97 Å². The second-order valence-electron chi connectivity index (χ2n) is 8.20. The van der Waals surface area contributed by atoms with Crippen molar-refractivity contribution < 1.29 is 9.90 Å². The van der Waals surface area contributed by atoms with Crippen molar-refractivity contribution >= 4 is 11.8 Å². The average molecular weight is 305 g/mol. The van der Waals surface area contributed by atoms with Crippen molar-refractivity contribution in [3.05, 3.63) is 17.6 Å². The summed E-state index contributed by atoms with van der Waals surface area (Å²) in [5.74, 6) is 0.650. The molecule has 1 atom stereocenters.